The Morgan fingerprint density at radius 2 is 1.96 bits per heavy atom. The molecular weight excluding hydrogens is 368 g/mol. The Morgan fingerprint density at radius 3 is 2.62 bits per heavy atom. The van der Waals surface area contributed by atoms with Crippen molar-refractivity contribution in [3.63, 3.8) is 0 Å². The molecule has 0 bridgehead atoms. The zero-order valence-corrected chi connectivity index (χ0v) is 15.4. The SMILES string of the molecule is Cc1c(C(=O)N(C)Cc2ccc(Cl)c(Cl)c2)sc2cccc(F)c12. The summed E-state index contributed by atoms with van der Waals surface area (Å²) in [6.45, 7) is 2.17. The van der Waals surface area contributed by atoms with Gasteiger partial charge in [0.05, 0.1) is 14.9 Å². The molecule has 0 fully saturated rings. The average molecular weight is 382 g/mol. The summed E-state index contributed by atoms with van der Waals surface area (Å²) in [6, 6.07) is 10.2. The Balaban J connectivity index is 1.89. The predicted octanol–water partition coefficient (Wildman–Crippen LogP) is 5.93. The summed E-state index contributed by atoms with van der Waals surface area (Å²) in [7, 11) is 1.71. The number of fused-ring (bicyclic) bond motifs is 1. The zero-order valence-electron chi connectivity index (χ0n) is 13.1. The fraction of sp³-hybridized carbons (Fsp3) is 0.167. The number of hydrogen-bond acceptors (Lipinski definition) is 2. The molecule has 1 heterocycles. The van der Waals surface area contributed by atoms with Crippen molar-refractivity contribution in [3.8, 4) is 0 Å². The molecule has 1 aromatic heterocycles. The first-order valence-corrected chi connectivity index (χ1v) is 8.82. The molecule has 1 amide bonds. The lowest BCUT2D eigenvalue weighted by Crippen LogP contribution is -2.26. The van der Waals surface area contributed by atoms with Crippen molar-refractivity contribution in [2.24, 2.45) is 0 Å². The fourth-order valence-corrected chi connectivity index (χ4v) is 4.15. The first-order valence-electron chi connectivity index (χ1n) is 7.25. The maximum Gasteiger partial charge on any atom is 0.264 e. The molecule has 0 atom stereocenters. The summed E-state index contributed by atoms with van der Waals surface area (Å²) in [5, 5.41) is 1.45. The lowest BCUT2D eigenvalue weighted by molar-refractivity contribution is 0.0789. The molecule has 2 aromatic carbocycles. The van der Waals surface area contributed by atoms with Crippen molar-refractivity contribution in [3.05, 3.63) is 68.3 Å². The van der Waals surface area contributed by atoms with Gasteiger partial charge < -0.3 is 4.90 Å². The van der Waals surface area contributed by atoms with Crippen LogP contribution in [0.3, 0.4) is 0 Å². The smallest absolute Gasteiger partial charge is 0.264 e. The van der Waals surface area contributed by atoms with Crippen LogP contribution in [0.25, 0.3) is 10.1 Å². The van der Waals surface area contributed by atoms with Gasteiger partial charge in [0, 0.05) is 23.7 Å². The Bertz CT molecular complexity index is 938. The van der Waals surface area contributed by atoms with Gasteiger partial charge in [-0.1, -0.05) is 35.3 Å². The number of rotatable bonds is 3. The van der Waals surface area contributed by atoms with Crippen molar-refractivity contribution in [1.82, 2.24) is 4.90 Å². The highest BCUT2D eigenvalue weighted by Crippen LogP contribution is 2.33. The summed E-state index contributed by atoms with van der Waals surface area (Å²) in [6.07, 6.45) is 0. The number of amides is 1. The van der Waals surface area contributed by atoms with Crippen molar-refractivity contribution >= 4 is 50.5 Å². The van der Waals surface area contributed by atoms with Crippen LogP contribution >= 0.6 is 34.5 Å². The molecule has 0 saturated heterocycles. The maximum atomic E-state index is 14.0. The van der Waals surface area contributed by atoms with Crippen LogP contribution in [0.4, 0.5) is 4.39 Å². The molecule has 124 valence electrons. The first-order chi connectivity index (χ1) is 11.4. The topological polar surface area (TPSA) is 20.3 Å². The number of carbonyl (C=O) groups excluding carboxylic acids is 1. The molecule has 3 aromatic rings. The fourth-order valence-electron chi connectivity index (χ4n) is 2.61. The van der Waals surface area contributed by atoms with Gasteiger partial charge >= 0.3 is 0 Å². The van der Waals surface area contributed by atoms with Crippen LogP contribution in [-0.2, 0) is 6.54 Å². The Labute approximate surface area is 153 Å². The summed E-state index contributed by atoms with van der Waals surface area (Å²) in [5.74, 6) is -0.438. The van der Waals surface area contributed by atoms with E-state index in [1.807, 2.05) is 12.1 Å². The average Bonchev–Trinajstić information content (AvgIpc) is 2.88. The van der Waals surface area contributed by atoms with Crippen molar-refractivity contribution in [2.75, 3.05) is 7.05 Å². The molecule has 6 heteroatoms. The number of thiophene rings is 1. The molecule has 0 saturated carbocycles. The molecule has 0 spiro atoms. The molecule has 3 rings (SSSR count). The van der Waals surface area contributed by atoms with Crippen LogP contribution in [0.2, 0.25) is 10.0 Å². The van der Waals surface area contributed by atoms with Crippen LogP contribution in [0.1, 0.15) is 20.8 Å². The second kappa shape index (κ2) is 6.71. The normalized spacial score (nSPS) is 11.0. The Morgan fingerprint density at radius 1 is 1.21 bits per heavy atom. The van der Waals surface area contributed by atoms with E-state index in [9.17, 15) is 9.18 Å². The first kappa shape index (κ1) is 17.2. The zero-order chi connectivity index (χ0) is 17.4. The van der Waals surface area contributed by atoms with Gasteiger partial charge in [0.1, 0.15) is 5.82 Å². The number of nitrogens with zero attached hydrogens (tertiary/aromatic N) is 1. The van der Waals surface area contributed by atoms with Gasteiger partial charge in [-0.15, -0.1) is 11.3 Å². The highest BCUT2D eigenvalue weighted by molar-refractivity contribution is 7.21. The van der Waals surface area contributed by atoms with Crippen LogP contribution in [0.15, 0.2) is 36.4 Å². The number of hydrogen-bond donors (Lipinski definition) is 0. The van der Waals surface area contributed by atoms with E-state index in [4.69, 9.17) is 23.2 Å². The monoisotopic (exact) mass is 381 g/mol. The Kier molecular flexibility index (Phi) is 4.81. The minimum absolute atomic E-state index is 0.140. The lowest BCUT2D eigenvalue weighted by atomic mass is 10.1. The van der Waals surface area contributed by atoms with E-state index in [0.717, 1.165) is 10.3 Å². The Hall–Kier alpha value is -1.62. The third kappa shape index (κ3) is 3.14. The molecule has 0 N–H and O–H groups in total. The summed E-state index contributed by atoms with van der Waals surface area (Å²) in [5.41, 5.74) is 1.56. The van der Waals surface area contributed by atoms with Crippen LogP contribution in [0.5, 0.6) is 0 Å². The van der Waals surface area contributed by atoms with Crippen LogP contribution in [-0.4, -0.2) is 17.9 Å². The quantitative estimate of drug-likeness (QED) is 0.550. The van der Waals surface area contributed by atoms with Gasteiger partial charge in [0.15, 0.2) is 0 Å². The van der Waals surface area contributed by atoms with E-state index in [2.05, 4.69) is 0 Å². The van der Waals surface area contributed by atoms with E-state index >= 15 is 0 Å². The van der Waals surface area contributed by atoms with Gasteiger partial charge in [-0.3, -0.25) is 4.79 Å². The van der Waals surface area contributed by atoms with E-state index < -0.39 is 0 Å². The number of halogens is 3. The van der Waals surface area contributed by atoms with Gasteiger partial charge in [0.2, 0.25) is 0 Å². The standard InChI is InChI=1S/C18H14Cl2FNOS/c1-10-16-14(21)4-3-5-15(16)24-17(10)18(23)22(2)9-11-6-7-12(19)13(20)8-11/h3-8H,9H2,1-2H3. The summed E-state index contributed by atoms with van der Waals surface area (Å²) in [4.78, 5) is 14.9. The highest BCUT2D eigenvalue weighted by atomic mass is 35.5. The van der Waals surface area contributed by atoms with Gasteiger partial charge in [-0.2, -0.15) is 0 Å². The maximum absolute atomic E-state index is 14.0. The van der Waals surface area contributed by atoms with E-state index in [-0.39, 0.29) is 11.7 Å². The van der Waals surface area contributed by atoms with E-state index in [1.54, 1.807) is 37.1 Å². The highest BCUT2D eigenvalue weighted by Gasteiger charge is 2.20. The van der Waals surface area contributed by atoms with Crippen LogP contribution in [0, 0.1) is 12.7 Å². The third-order valence-corrected chi connectivity index (χ3v) is 5.83. The molecule has 0 aliphatic carbocycles. The van der Waals surface area contributed by atoms with E-state index in [1.165, 1.54) is 17.4 Å². The minimum atomic E-state index is -0.299. The number of benzene rings is 2. The summed E-state index contributed by atoms with van der Waals surface area (Å²) >= 11 is 13.2. The molecule has 0 radical (unpaired) electrons. The lowest BCUT2D eigenvalue weighted by Gasteiger charge is -2.17. The number of aryl methyl sites for hydroxylation is 1. The van der Waals surface area contributed by atoms with Gasteiger partial charge in [-0.05, 0) is 42.3 Å². The molecule has 0 aliphatic heterocycles. The molecule has 0 unspecified atom stereocenters. The molecule has 24 heavy (non-hydrogen) atoms. The van der Waals surface area contributed by atoms with E-state index in [0.29, 0.717) is 32.4 Å². The van der Waals surface area contributed by atoms with Gasteiger partial charge in [-0.25, -0.2) is 4.39 Å². The van der Waals surface area contributed by atoms with Crippen molar-refractivity contribution in [2.45, 2.75) is 13.5 Å². The minimum Gasteiger partial charge on any atom is -0.337 e. The van der Waals surface area contributed by atoms with Crippen molar-refractivity contribution < 1.29 is 9.18 Å². The molecular formula is C18H14Cl2FNOS. The summed E-state index contributed by atoms with van der Waals surface area (Å²) < 4.78 is 14.8. The predicted molar refractivity (Wildman–Crippen MR) is 98.8 cm³/mol. The molecule has 2 nitrogen and oxygen atoms in total. The third-order valence-electron chi connectivity index (χ3n) is 3.85. The van der Waals surface area contributed by atoms with Crippen molar-refractivity contribution in [1.29, 1.82) is 0 Å². The second-order valence-electron chi connectivity index (χ2n) is 5.58. The van der Waals surface area contributed by atoms with Crippen LogP contribution < -0.4 is 0 Å². The second-order valence-corrected chi connectivity index (χ2v) is 7.45. The molecule has 0 aliphatic rings. The number of carbonyl (C=O) groups is 1. The largest absolute Gasteiger partial charge is 0.337 e. The van der Waals surface area contributed by atoms with Gasteiger partial charge in [0.25, 0.3) is 5.91 Å².